The van der Waals surface area contributed by atoms with Crippen molar-refractivity contribution < 1.29 is 34.6 Å². The number of carbonyl (C=O) groups excluding carboxylic acids is 1. The van der Waals surface area contributed by atoms with Gasteiger partial charge in [0.15, 0.2) is 0 Å². The molecule has 0 aromatic heterocycles. The van der Waals surface area contributed by atoms with Crippen LogP contribution in [0.4, 0.5) is 0 Å². The monoisotopic (exact) mass is 424 g/mol. The third kappa shape index (κ3) is 4.63. The molecule has 0 saturated carbocycles. The zero-order valence-corrected chi connectivity index (χ0v) is 16.9. The Hall–Kier alpha value is -1.95. The summed E-state index contributed by atoms with van der Waals surface area (Å²) in [5.74, 6) is -1.82. The lowest BCUT2D eigenvalue weighted by molar-refractivity contribution is -0.127. The van der Waals surface area contributed by atoms with Crippen molar-refractivity contribution in [3.05, 3.63) is 23.3 Å². The highest BCUT2D eigenvalue weighted by Crippen LogP contribution is 2.34. The van der Waals surface area contributed by atoms with Crippen molar-refractivity contribution in [3.8, 4) is 11.5 Å². The van der Waals surface area contributed by atoms with Gasteiger partial charge in [-0.3, -0.25) is 4.79 Å². The van der Waals surface area contributed by atoms with Gasteiger partial charge in [0, 0.05) is 23.8 Å². The molecule has 2 aliphatic rings. The van der Waals surface area contributed by atoms with Crippen LogP contribution in [-0.2, 0) is 11.2 Å². The predicted octanol–water partition coefficient (Wildman–Crippen LogP) is -0.280. The number of carbonyl (C=O) groups is 2. The minimum absolute atomic E-state index is 0.00949. The zero-order chi connectivity index (χ0) is 21.2. The molecule has 1 aromatic rings. The summed E-state index contributed by atoms with van der Waals surface area (Å²) in [5, 5.41) is 41.7. The average Bonchev–Trinajstić information content (AvgIpc) is 3.11. The number of likely N-dealkylation sites (tertiary alicyclic amines) is 1. The second kappa shape index (κ2) is 8.82. The van der Waals surface area contributed by atoms with Crippen LogP contribution in [0.1, 0.15) is 28.8 Å². The molecule has 9 nitrogen and oxygen atoms in total. The van der Waals surface area contributed by atoms with E-state index in [0.717, 1.165) is 31.1 Å². The van der Waals surface area contributed by atoms with E-state index in [1.807, 2.05) is 0 Å². The molecule has 0 bridgehead atoms. The van der Waals surface area contributed by atoms with E-state index in [4.69, 9.17) is 4.74 Å². The van der Waals surface area contributed by atoms with E-state index in [2.05, 4.69) is 5.32 Å². The second-order valence-electron chi connectivity index (χ2n) is 7.45. The van der Waals surface area contributed by atoms with Gasteiger partial charge in [-0.2, -0.15) is 11.8 Å². The van der Waals surface area contributed by atoms with Crippen LogP contribution in [0, 0.1) is 0 Å². The fourth-order valence-electron chi connectivity index (χ4n) is 3.81. The Balaban J connectivity index is 1.64. The first-order valence-corrected chi connectivity index (χ1v) is 10.4. The van der Waals surface area contributed by atoms with Gasteiger partial charge >= 0.3 is 13.1 Å². The number of methoxy groups -OCH3 is 1. The standard InChI is InChI=1S/C18H25BN2O7S/c1-28-12-3-2-11(16(23)15(12)17(24)25)8-13(19(26)27)29-9-14(22)21-7-5-18(10-21)4-6-20-18/h2-3,13,20,23,26-27H,4-10H2,1H3,(H,24,25). The van der Waals surface area contributed by atoms with Crippen LogP contribution in [0.5, 0.6) is 11.5 Å². The molecule has 2 unspecified atom stereocenters. The molecule has 1 amide bonds. The Morgan fingerprint density at radius 2 is 2.10 bits per heavy atom. The van der Waals surface area contributed by atoms with E-state index in [-0.39, 0.29) is 40.5 Å². The molecule has 3 rings (SSSR count). The van der Waals surface area contributed by atoms with Gasteiger partial charge in [-0.1, -0.05) is 6.07 Å². The van der Waals surface area contributed by atoms with Crippen molar-refractivity contribution in [2.24, 2.45) is 0 Å². The van der Waals surface area contributed by atoms with E-state index >= 15 is 0 Å². The van der Waals surface area contributed by atoms with E-state index in [1.54, 1.807) is 4.90 Å². The molecular formula is C18H25BN2O7S. The molecule has 29 heavy (non-hydrogen) atoms. The number of nitrogens with one attached hydrogen (secondary N) is 1. The Labute approximate surface area is 173 Å². The van der Waals surface area contributed by atoms with Gasteiger partial charge in [0.2, 0.25) is 5.91 Å². The number of ether oxygens (including phenoxy) is 1. The van der Waals surface area contributed by atoms with Crippen molar-refractivity contribution in [2.45, 2.75) is 30.0 Å². The van der Waals surface area contributed by atoms with Gasteiger partial charge in [0.25, 0.3) is 0 Å². The van der Waals surface area contributed by atoms with Crippen LogP contribution in [0.3, 0.4) is 0 Å². The summed E-state index contributed by atoms with van der Waals surface area (Å²) in [7, 11) is -0.439. The van der Waals surface area contributed by atoms with Crippen molar-refractivity contribution >= 4 is 30.8 Å². The quantitative estimate of drug-likeness (QED) is 0.357. The minimum Gasteiger partial charge on any atom is -0.507 e. The van der Waals surface area contributed by atoms with Gasteiger partial charge in [-0.15, -0.1) is 0 Å². The average molecular weight is 424 g/mol. The largest absolute Gasteiger partial charge is 0.507 e. The first kappa shape index (κ1) is 21.8. The van der Waals surface area contributed by atoms with Crippen LogP contribution in [0.15, 0.2) is 12.1 Å². The number of nitrogens with zero attached hydrogens (tertiary/aromatic N) is 1. The number of carboxylic acid groups (broad SMARTS) is 1. The Kier molecular flexibility index (Phi) is 6.62. The van der Waals surface area contributed by atoms with E-state index in [9.17, 15) is 29.9 Å². The van der Waals surface area contributed by atoms with Crippen LogP contribution >= 0.6 is 11.8 Å². The molecule has 1 aromatic carbocycles. The molecule has 2 fully saturated rings. The molecule has 0 aliphatic carbocycles. The van der Waals surface area contributed by atoms with E-state index < -0.39 is 24.0 Å². The van der Waals surface area contributed by atoms with Gasteiger partial charge in [-0.05, 0) is 37.4 Å². The number of aromatic hydroxyl groups is 1. The van der Waals surface area contributed by atoms with Crippen molar-refractivity contribution in [1.82, 2.24) is 10.2 Å². The summed E-state index contributed by atoms with van der Waals surface area (Å²) in [6.07, 6.45) is 1.97. The van der Waals surface area contributed by atoms with Crippen molar-refractivity contribution in [3.63, 3.8) is 0 Å². The number of carboxylic acids is 1. The number of rotatable bonds is 8. The molecule has 1 spiro atoms. The second-order valence-corrected chi connectivity index (χ2v) is 8.67. The van der Waals surface area contributed by atoms with Crippen molar-refractivity contribution in [2.75, 3.05) is 32.5 Å². The number of benzene rings is 1. The maximum Gasteiger partial charge on any atom is 0.465 e. The smallest absolute Gasteiger partial charge is 0.465 e. The van der Waals surface area contributed by atoms with E-state index in [0.29, 0.717) is 13.1 Å². The van der Waals surface area contributed by atoms with Crippen LogP contribution in [-0.4, -0.2) is 87.3 Å². The van der Waals surface area contributed by atoms with Crippen LogP contribution in [0.2, 0.25) is 0 Å². The van der Waals surface area contributed by atoms with Gasteiger partial charge in [-0.25, -0.2) is 4.79 Å². The fraction of sp³-hybridized carbons (Fsp3) is 0.556. The predicted molar refractivity (Wildman–Crippen MR) is 108 cm³/mol. The SMILES string of the molecule is COc1ccc(CC(SCC(=O)N2CCC3(CCN3)C2)B(O)O)c(O)c1C(=O)O. The molecule has 2 heterocycles. The lowest BCUT2D eigenvalue weighted by Crippen LogP contribution is -2.58. The highest BCUT2D eigenvalue weighted by molar-refractivity contribution is 8.01. The number of hydrogen-bond acceptors (Lipinski definition) is 8. The molecule has 0 radical (unpaired) electrons. The molecule has 11 heteroatoms. The number of thioether (sulfide) groups is 1. The maximum absolute atomic E-state index is 12.5. The first-order chi connectivity index (χ1) is 13.8. The lowest BCUT2D eigenvalue weighted by Gasteiger charge is -2.39. The zero-order valence-electron chi connectivity index (χ0n) is 16.1. The fourth-order valence-corrected chi connectivity index (χ4v) is 4.82. The number of amides is 1. The molecule has 2 aliphatic heterocycles. The summed E-state index contributed by atoms with van der Waals surface area (Å²) < 4.78 is 4.96. The first-order valence-electron chi connectivity index (χ1n) is 9.39. The minimum atomic E-state index is -1.74. The van der Waals surface area contributed by atoms with Gasteiger partial charge < -0.3 is 35.2 Å². The lowest BCUT2D eigenvalue weighted by atomic mass is 9.81. The summed E-state index contributed by atoms with van der Waals surface area (Å²) in [5.41, 5.74) is -0.0918. The summed E-state index contributed by atoms with van der Waals surface area (Å²) in [6, 6.07) is 2.88. The molecule has 2 saturated heterocycles. The Bertz CT molecular complexity index is 788. The molecule has 2 atom stereocenters. The third-order valence-corrected chi connectivity index (χ3v) is 6.89. The third-order valence-electron chi connectivity index (χ3n) is 5.64. The summed E-state index contributed by atoms with van der Waals surface area (Å²) in [4.78, 5) is 25.7. The summed E-state index contributed by atoms with van der Waals surface area (Å²) in [6.45, 7) is 2.32. The Morgan fingerprint density at radius 3 is 2.62 bits per heavy atom. The summed E-state index contributed by atoms with van der Waals surface area (Å²) >= 11 is 1.08. The van der Waals surface area contributed by atoms with E-state index in [1.165, 1.54) is 19.2 Å². The van der Waals surface area contributed by atoms with Crippen LogP contribution in [0.25, 0.3) is 0 Å². The topological polar surface area (TPSA) is 140 Å². The van der Waals surface area contributed by atoms with Gasteiger partial charge in [0.05, 0.1) is 12.9 Å². The maximum atomic E-state index is 12.5. The highest BCUT2D eigenvalue weighted by Gasteiger charge is 2.44. The molecular weight excluding hydrogens is 399 g/mol. The van der Waals surface area contributed by atoms with Gasteiger partial charge in [0.1, 0.15) is 17.1 Å². The van der Waals surface area contributed by atoms with Crippen molar-refractivity contribution in [1.29, 1.82) is 0 Å². The molecule has 158 valence electrons. The number of aromatic carboxylic acids is 1. The highest BCUT2D eigenvalue weighted by atomic mass is 32.2. The number of phenols is 1. The van der Waals surface area contributed by atoms with Crippen LogP contribution < -0.4 is 10.1 Å². The molecule has 5 N–H and O–H groups in total. The number of hydrogen-bond donors (Lipinski definition) is 5. The normalized spacial score (nSPS) is 21.7. The Morgan fingerprint density at radius 1 is 1.38 bits per heavy atom.